The summed E-state index contributed by atoms with van der Waals surface area (Å²) in [5.74, 6) is 1.30. The number of thiazole rings is 1. The molecule has 3 rings (SSSR count). The Balaban J connectivity index is 2.30. The van der Waals surface area contributed by atoms with Gasteiger partial charge in [0.05, 0.1) is 10.6 Å². The third-order valence-corrected chi connectivity index (χ3v) is 3.19. The fourth-order valence-electron chi connectivity index (χ4n) is 1.52. The zero-order valence-corrected chi connectivity index (χ0v) is 9.27. The number of nitrogens with two attached hydrogens (primary N) is 1. The van der Waals surface area contributed by atoms with Crippen LogP contribution in [0.2, 0.25) is 0 Å². The lowest BCUT2D eigenvalue weighted by Crippen LogP contribution is -1.89. The van der Waals surface area contributed by atoms with Gasteiger partial charge in [-0.15, -0.1) is 10.2 Å². The van der Waals surface area contributed by atoms with Crippen LogP contribution in [0.3, 0.4) is 0 Å². The van der Waals surface area contributed by atoms with Gasteiger partial charge >= 0.3 is 0 Å². The second-order valence-corrected chi connectivity index (χ2v) is 4.31. The number of aromatic nitrogens is 5. The van der Waals surface area contributed by atoms with E-state index in [-0.39, 0.29) is 0 Å². The first-order valence-corrected chi connectivity index (χ1v) is 5.46. The van der Waals surface area contributed by atoms with Crippen LogP contribution < -0.4 is 5.73 Å². The van der Waals surface area contributed by atoms with E-state index in [0.29, 0.717) is 10.9 Å². The normalized spacial score (nSPS) is 11.1. The van der Waals surface area contributed by atoms with Gasteiger partial charge in [-0.2, -0.15) is 0 Å². The Bertz CT molecular complexity index is 655. The molecule has 7 heteroatoms. The molecule has 6 nitrogen and oxygen atoms in total. The van der Waals surface area contributed by atoms with Crippen LogP contribution in [-0.2, 0) is 0 Å². The van der Waals surface area contributed by atoms with Crippen LogP contribution in [0.5, 0.6) is 0 Å². The lowest BCUT2D eigenvalue weighted by atomic mass is 10.4. The minimum atomic E-state index is 0.535. The molecule has 0 atom stereocenters. The molecule has 0 aromatic carbocycles. The van der Waals surface area contributed by atoms with Crippen molar-refractivity contribution < 1.29 is 0 Å². The van der Waals surface area contributed by atoms with Crippen molar-refractivity contribution in [1.29, 1.82) is 0 Å². The molecule has 0 aliphatic heterocycles. The molecular formula is C9H8N6S. The van der Waals surface area contributed by atoms with E-state index in [9.17, 15) is 0 Å². The van der Waals surface area contributed by atoms with Crippen molar-refractivity contribution in [3.05, 3.63) is 24.2 Å². The van der Waals surface area contributed by atoms with E-state index < -0.39 is 0 Å². The van der Waals surface area contributed by atoms with E-state index in [0.717, 1.165) is 16.4 Å². The molecule has 0 aliphatic rings. The first-order valence-electron chi connectivity index (χ1n) is 4.65. The Kier molecular flexibility index (Phi) is 1.87. The summed E-state index contributed by atoms with van der Waals surface area (Å²) < 4.78 is 1.82. The van der Waals surface area contributed by atoms with E-state index in [2.05, 4.69) is 20.2 Å². The van der Waals surface area contributed by atoms with Crippen LogP contribution >= 0.6 is 11.3 Å². The highest BCUT2D eigenvalue weighted by Crippen LogP contribution is 2.29. The van der Waals surface area contributed by atoms with E-state index in [1.165, 1.54) is 11.3 Å². The first kappa shape index (κ1) is 9.22. The highest BCUT2D eigenvalue weighted by atomic mass is 32.1. The molecule has 0 bridgehead atoms. The summed E-state index contributed by atoms with van der Waals surface area (Å²) in [5, 5.41) is 8.63. The van der Waals surface area contributed by atoms with Crippen LogP contribution in [0, 0.1) is 6.92 Å². The van der Waals surface area contributed by atoms with Crippen molar-refractivity contribution in [2.24, 2.45) is 0 Å². The van der Waals surface area contributed by atoms with Gasteiger partial charge in [0, 0.05) is 12.4 Å². The number of hydrogen-bond acceptors (Lipinski definition) is 6. The second kappa shape index (κ2) is 3.24. The van der Waals surface area contributed by atoms with Gasteiger partial charge in [0.15, 0.2) is 11.0 Å². The standard InChI is InChI=1S/C9H8N6S/c1-5-6(16-8(10)12-5)7-13-14-9-11-3-2-4-15(7)9/h2-4H,1H3,(H2,10,12). The van der Waals surface area contributed by atoms with Crippen molar-refractivity contribution in [3.63, 3.8) is 0 Å². The molecule has 0 radical (unpaired) electrons. The summed E-state index contributed by atoms with van der Waals surface area (Å²) in [7, 11) is 0. The van der Waals surface area contributed by atoms with E-state index in [4.69, 9.17) is 5.73 Å². The third-order valence-electron chi connectivity index (χ3n) is 2.21. The number of hydrogen-bond donors (Lipinski definition) is 1. The van der Waals surface area contributed by atoms with Gasteiger partial charge in [0.25, 0.3) is 5.78 Å². The number of nitrogens with zero attached hydrogens (tertiary/aromatic N) is 5. The van der Waals surface area contributed by atoms with Gasteiger partial charge in [0.1, 0.15) is 0 Å². The average Bonchev–Trinajstić information content (AvgIpc) is 2.81. The summed E-state index contributed by atoms with van der Waals surface area (Å²) in [6.07, 6.45) is 3.55. The van der Waals surface area contributed by atoms with Crippen LogP contribution in [0.15, 0.2) is 18.5 Å². The zero-order chi connectivity index (χ0) is 11.1. The van der Waals surface area contributed by atoms with Crippen molar-refractivity contribution in [2.75, 3.05) is 5.73 Å². The molecule has 16 heavy (non-hydrogen) atoms. The second-order valence-electron chi connectivity index (χ2n) is 3.28. The quantitative estimate of drug-likeness (QED) is 0.680. The molecule has 2 N–H and O–H groups in total. The van der Waals surface area contributed by atoms with E-state index >= 15 is 0 Å². The molecule has 0 amide bonds. The minimum Gasteiger partial charge on any atom is -0.375 e. The van der Waals surface area contributed by atoms with Crippen molar-refractivity contribution in [3.8, 4) is 10.7 Å². The van der Waals surface area contributed by atoms with Crippen molar-refractivity contribution in [2.45, 2.75) is 6.92 Å². The molecule has 3 heterocycles. The summed E-state index contributed by atoms with van der Waals surface area (Å²) in [5.41, 5.74) is 6.53. The largest absolute Gasteiger partial charge is 0.375 e. The fourth-order valence-corrected chi connectivity index (χ4v) is 2.34. The fraction of sp³-hybridized carbons (Fsp3) is 0.111. The monoisotopic (exact) mass is 232 g/mol. The van der Waals surface area contributed by atoms with Gasteiger partial charge in [-0.25, -0.2) is 9.97 Å². The topological polar surface area (TPSA) is 82.0 Å². The molecule has 0 aliphatic carbocycles. The van der Waals surface area contributed by atoms with Crippen molar-refractivity contribution in [1.82, 2.24) is 24.6 Å². The Labute approximate surface area is 94.8 Å². The molecule has 0 unspecified atom stereocenters. The number of nitrogen functional groups attached to an aromatic ring is 1. The zero-order valence-electron chi connectivity index (χ0n) is 8.45. The van der Waals surface area contributed by atoms with Gasteiger partial charge in [-0.1, -0.05) is 11.3 Å². The van der Waals surface area contributed by atoms with E-state index in [1.807, 2.05) is 23.6 Å². The molecule has 3 aromatic rings. The summed E-state index contributed by atoms with van der Waals surface area (Å²) in [4.78, 5) is 9.20. The molecule has 0 fully saturated rings. The molecule has 80 valence electrons. The maximum Gasteiger partial charge on any atom is 0.255 e. The Hall–Kier alpha value is -2.02. The lowest BCUT2D eigenvalue weighted by molar-refractivity contribution is 1.10. The molecule has 0 spiro atoms. The van der Waals surface area contributed by atoms with Crippen LogP contribution in [-0.4, -0.2) is 24.6 Å². The van der Waals surface area contributed by atoms with Gasteiger partial charge in [-0.3, -0.25) is 4.40 Å². The molecular weight excluding hydrogens is 224 g/mol. The number of anilines is 1. The smallest absolute Gasteiger partial charge is 0.255 e. The Morgan fingerprint density at radius 2 is 2.25 bits per heavy atom. The maximum atomic E-state index is 5.66. The van der Waals surface area contributed by atoms with E-state index in [1.54, 1.807) is 6.20 Å². The highest BCUT2D eigenvalue weighted by molar-refractivity contribution is 7.18. The molecule has 0 saturated heterocycles. The number of rotatable bonds is 1. The summed E-state index contributed by atoms with van der Waals surface area (Å²) >= 11 is 1.40. The summed E-state index contributed by atoms with van der Waals surface area (Å²) in [6.45, 7) is 1.90. The Morgan fingerprint density at radius 1 is 1.38 bits per heavy atom. The summed E-state index contributed by atoms with van der Waals surface area (Å²) in [6, 6.07) is 1.83. The predicted octanol–water partition coefficient (Wildman–Crippen LogP) is 1.14. The third kappa shape index (κ3) is 1.25. The van der Waals surface area contributed by atoms with Crippen LogP contribution in [0.4, 0.5) is 5.13 Å². The molecule has 3 aromatic heterocycles. The van der Waals surface area contributed by atoms with Crippen molar-refractivity contribution >= 4 is 22.2 Å². The number of fused-ring (bicyclic) bond motifs is 1. The minimum absolute atomic E-state index is 0.535. The number of aryl methyl sites for hydroxylation is 1. The van der Waals surface area contributed by atoms with Crippen LogP contribution in [0.1, 0.15) is 5.69 Å². The first-order chi connectivity index (χ1) is 7.75. The molecule has 0 saturated carbocycles. The lowest BCUT2D eigenvalue weighted by Gasteiger charge is -1.95. The average molecular weight is 232 g/mol. The SMILES string of the molecule is Cc1nc(N)sc1-c1nnc2ncccn12. The maximum absolute atomic E-state index is 5.66. The van der Waals surface area contributed by atoms with Gasteiger partial charge in [0.2, 0.25) is 0 Å². The highest BCUT2D eigenvalue weighted by Gasteiger charge is 2.14. The Morgan fingerprint density at radius 3 is 3.00 bits per heavy atom. The van der Waals surface area contributed by atoms with Gasteiger partial charge < -0.3 is 5.73 Å². The van der Waals surface area contributed by atoms with Gasteiger partial charge in [-0.05, 0) is 13.0 Å². The van der Waals surface area contributed by atoms with Crippen LogP contribution in [0.25, 0.3) is 16.5 Å². The predicted molar refractivity (Wildman–Crippen MR) is 61.0 cm³/mol.